The van der Waals surface area contributed by atoms with Crippen LogP contribution in [0.3, 0.4) is 0 Å². The standard InChI is InChI=1S/C32H61N3O2/c1-4-5-6-7-8-9-10-11-12-13-14-15-16-17-18-19-25-37-26-20-22-30-28-34-31(27-32(30)36)29-33-23-21-24-35(2)3/h27-28,33H,4-26,29H2,1-3H3,(H,34,36). The van der Waals surface area contributed by atoms with Crippen molar-refractivity contribution in [2.75, 3.05) is 40.4 Å². The summed E-state index contributed by atoms with van der Waals surface area (Å²) in [6.45, 7) is 6.63. The van der Waals surface area contributed by atoms with Gasteiger partial charge in [-0.15, -0.1) is 0 Å². The highest BCUT2D eigenvalue weighted by atomic mass is 16.5. The molecule has 216 valence electrons. The summed E-state index contributed by atoms with van der Waals surface area (Å²) in [7, 11) is 4.17. The lowest BCUT2D eigenvalue weighted by Gasteiger charge is -2.10. The number of H-pyrrole nitrogens is 1. The van der Waals surface area contributed by atoms with Crippen LogP contribution in [-0.4, -0.2) is 50.3 Å². The van der Waals surface area contributed by atoms with Crippen molar-refractivity contribution in [1.29, 1.82) is 0 Å². The summed E-state index contributed by atoms with van der Waals surface area (Å²) in [4.78, 5) is 17.8. The highest BCUT2D eigenvalue weighted by Crippen LogP contribution is 2.13. The number of nitrogens with one attached hydrogen (secondary N) is 2. The predicted molar refractivity (Wildman–Crippen MR) is 161 cm³/mol. The molecule has 0 spiro atoms. The maximum absolute atomic E-state index is 12.4. The Labute approximate surface area is 229 Å². The Balaban J connectivity index is 1.86. The summed E-state index contributed by atoms with van der Waals surface area (Å²) in [5, 5.41) is 3.39. The number of nitrogens with zero attached hydrogens (tertiary/aromatic N) is 1. The maximum Gasteiger partial charge on any atom is 0.185 e. The van der Waals surface area contributed by atoms with E-state index >= 15 is 0 Å². The molecule has 2 N–H and O–H groups in total. The quantitative estimate of drug-likeness (QED) is 0.117. The zero-order valence-corrected chi connectivity index (χ0v) is 24.9. The smallest absolute Gasteiger partial charge is 0.185 e. The Hall–Kier alpha value is -1.17. The summed E-state index contributed by atoms with van der Waals surface area (Å²) in [6, 6.07) is 1.74. The average molecular weight is 520 g/mol. The van der Waals surface area contributed by atoms with E-state index in [4.69, 9.17) is 4.74 Å². The van der Waals surface area contributed by atoms with Crippen LogP contribution in [0.15, 0.2) is 17.1 Å². The van der Waals surface area contributed by atoms with Crippen LogP contribution >= 0.6 is 0 Å². The lowest BCUT2D eigenvalue weighted by molar-refractivity contribution is 0.127. The molecular formula is C32H61N3O2. The largest absolute Gasteiger partial charge is 0.381 e. The Bertz CT molecular complexity index is 674. The fraction of sp³-hybridized carbons (Fsp3) is 0.844. The first-order valence-corrected chi connectivity index (χ1v) is 15.8. The van der Waals surface area contributed by atoms with Gasteiger partial charge in [0, 0.05) is 43.3 Å². The van der Waals surface area contributed by atoms with E-state index in [1.54, 1.807) is 6.07 Å². The fourth-order valence-corrected chi connectivity index (χ4v) is 4.80. The van der Waals surface area contributed by atoms with Crippen LogP contribution < -0.4 is 10.7 Å². The lowest BCUT2D eigenvalue weighted by atomic mass is 10.0. The van der Waals surface area contributed by atoms with Gasteiger partial charge < -0.3 is 19.9 Å². The molecule has 1 rings (SSSR count). The predicted octanol–water partition coefficient (Wildman–Crippen LogP) is 7.63. The molecule has 0 bridgehead atoms. The minimum atomic E-state index is 0.140. The van der Waals surface area contributed by atoms with Crippen LogP contribution in [0.25, 0.3) is 0 Å². The highest BCUT2D eigenvalue weighted by molar-refractivity contribution is 5.14. The van der Waals surface area contributed by atoms with E-state index in [0.29, 0.717) is 6.54 Å². The van der Waals surface area contributed by atoms with E-state index < -0.39 is 0 Å². The van der Waals surface area contributed by atoms with Gasteiger partial charge in [0.05, 0.1) is 0 Å². The molecule has 0 saturated carbocycles. The molecule has 1 heterocycles. The third kappa shape index (κ3) is 21.5. The molecule has 0 aliphatic carbocycles. The van der Waals surface area contributed by atoms with Crippen LogP contribution in [-0.2, 0) is 17.7 Å². The topological polar surface area (TPSA) is 57.4 Å². The van der Waals surface area contributed by atoms with Gasteiger partial charge >= 0.3 is 0 Å². The van der Waals surface area contributed by atoms with E-state index in [1.165, 1.54) is 96.3 Å². The number of hydrogen-bond acceptors (Lipinski definition) is 4. The number of aromatic amines is 1. The van der Waals surface area contributed by atoms with E-state index in [-0.39, 0.29) is 5.43 Å². The van der Waals surface area contributed by atoms with Crippen molar-refractivity contribution in [2.24, 2.45) is 0 Å². The average Bonchev–Trinajstić information content (AvgIpc) is 2.88. The van der Waals surface area contributed by atoms with Gasteiger partial charge in [0.25, 0.3) is 0 Å². The molecule has 0 aliphatic heterocycles. The minimum Gasteiger partial charge on any atom is -0.381 e. The van der Waals surface area contributed by atoms with E-state index in [0.717, 1.165) is 63.2 Å². The summed E-state index contributed by atoms with van der Waals surface area (Å²) < 4.78 is 5.81. The van der Waals surface area contributed by atoms with Gasteiger partial charge in [0.1, 0.15) is 0 Å². The summed E-state index contributed by atoms with van der Waals surface area (Å²) in [6.07, 6.45) is 27.0. The number of aryl methyl sites for hydroxylation is 1. The number of rotatable bonds is 27. The Morgan fingerprint density at radius 3 is 1.84 bits per heavy atom. The molecule has 0 unspecified atom stereocenters. The molecule has 0 saturated heterocycles. The van der Waals surface area contributed by atoms with Gasteiger partial charge in [-0.3, -0.25) is 4.79 Å². The Morgan fingerprint density at radius 2 is 1.30 bits per heavy atom. The molecule has 5 nitrogen and oxygen atoms in total. The van der Waals surface area contributed by atoms with Crippen molar-refractivity contribution in [1.82, 2.24) is 15.2 Å². The van der Waals surface area contributed by atoms with E-state index in [1.807, 2.05) is 6.20 Å². The third-order valence-corrected chi connectivity index (χ3v) is 7.20. The molecule has 1 aromatic heterocycles. The highest BCUT2D eigenvalue weighted by Gasteiger charge is 2.02. The first-order valence-electron chi connectivity index (χ1n) is 15.8. The molecule has 0 amide bonds. The van der Waals surface area contributed by atoms with Crippen LogP contribution in [0.4, 0.5) is 0 Å². The summed E-state index contributed by atoms with van der Waals surface area (Å²) in [5.41, 5.74) is 1.96. The first-order chi connectivity index (χ1) is 18.1. The molecule has 5 heteroatoms. The van der Waals surface area contributed by atoms with E-state index in [9.17, 15) is 4.79 Å². The number of ether oxygens (including phenoxy) is 1. The monoisotopic (exact) mass is 519 g/mol. The van der Waals surface area contributed by atoms with Crippen LogP contribution in [0.1, 0.15) is 134 Å². The summed E-state index contributed by atoms with van der Waals surface area (Å²) >= 11 is 0. The van der Waals surface area contributed by atoms with Gasteiger partial charge in [0.2, 0.25) is 0 Å². The Kier molecular flexibility index (Phi) is 23.0. The van der Waals surface area contributed by atoms with Crippen molar-refractivity contribution in [3.63, 3.8) is 0 Å². The number of pyridine rings is 1. The molecule has 1 aromatic rings. The van der Waals surface area contributed by atoms with Crippen molar-refractivity contribution in [3.8, 4) is 0 Å². The molecule has 37 heavy (non-hydrogen) atoms. The second-order valence-electron chi connectivity index (χ2n) is 11.2. The maximum atomic E-state index is 12.4. The lowest BCUT2D eigenvalue weighted by Crippen LogP contribution is -2.22. The van der Waals surface area contributed by atoms with Crippen molar-refractivity contribution in [3.05, 3.63) is 33.7 Å². The second kappa shape index (κ2) is 25.1. The Morgan fingerprint density at radius 1 is 0.757 bits per heavy atom. The van der Waals surface area contributed by atoms with Crippen LogP contribution in [0, 0.1) is 0 Å². The van der Waals surface area contributed by atoms with Crippen molar-refractivity contribution in [2.45, 2.75) is 135 Å². The normalized spacial score (nSPS) is 11.6. The van der Waals surface area contributed by atoms with Gasteiger partial charge in [-0.2, -0.15) is 0 Å². The molecule has 0 aromatic carbocycles. The van der Waals surface area contributed by atoms with Gasteiger partial charge in [-0.25, -0.2) is 0 Å². The molecule has 0 fully saturated rings. The fourth-order valence-electron chi connectivity index (χ4n) is 4.80. The molecule has 0 aliphatic rings. The second-order valence-corrected chi connectivity index (χ2v) is 11.2. The van der Waals surface area contributed by atoms with Gasteiger partial charge in [-0.05, 0) is 52.9 Å². The molecule has 0 atom stereocenters. The van der Waals surface area contributed by atoms with E-state index in [2.05, 4.69) is 36.2 Å². The molecular weight excluding hydrogens is 458 g/mol. The van der Waals surface area contributed by atoms with Gasteiger partial charge in [-0.1, -0.05) is 103 Å². The van der Waals surface area contributed by atoms with Crippen molar-refractivity contribution < 1.29 is 4.74 Å². The van der Waals surface area contributed by atoms with Gasteiger partial charge in [0.15, 0.2) is 5.43 Å². The number of hydrogen-bond donors (Lipinski definition) is 2. The first kappa shape index (κ1) is 33.9. The third-order valence-electron chi connectivity index (χ3n) is 7.20. The SMILES string of the molecule is CCCCCCCCCCCCCCCCCCOCCCc1c[nH]c(CNCCCN(C)C)cc1=O. The van der Waals surface area contributed by atoms with Crippen LogP contribution in [0.5, 0.6) is 0 Å². The van der Waals surface area contributed by atoms with Crippen LogP contribution in [0.2, 0.25) is 0 Å². The zero-order valence-electron chi connectivity index (χ0n) is 24.9. The minimum absolute atomic E-state index is 0.140. The number of unbranched alkanes of at least 4 members (excludes halogenated alkanes) is 15. The molecule has 0 radical (unpaired) electrons. The van der Waals surface area contributed by atoms with Crippen molar-refractivity contribution >= 4 is 0 Å². The zero-order chi connectivity index (χ0) is 26.8. The number of aromatic nitrogens is 1. The summed E-state index contributed by atoms with van der Waals surface area (Å²) in [5.74, 6) is 0.